The molecule has 0 aliphatic rings. The fraction of sp³-hybridized carbons (Fsp3) is 0.278. The third kappa shape index (κ3) is 21.0. The molecule has 4 aromatic carbocycles. The number of nitrogens with two attached hydrogens (primary N) is 1. The molecule has 0 saturated carbocycles. The summed E-state index contributed by atoms with van der Waals surface area (Å²) in [7, 11) is -7.37. The number of benzene rings is 4. The normalized spacial score (nSPS) is 11.4. The van der Waals surface area contributed by atoms with Crippen molar-refractivity contribution in [2.24, 2.45) is 4.99 Å². The van der Waals surface area contributed by atoms with Crippen molar-refractivity contribution in [2.75, 3.05) is 11.1 Å². The first-order valence-corrected chi connectivity index (χ1v) is 19.2. The van der Waals surface area contributed by atoms with Gasteiger partial charge in [-0.25, -0.2) is 33.1 Å². The summed E-state index contributed by atoms with van der Waals surface area (Å²) in [5.74, 6) is 0.149. The van der Waals surface area contributed by atoms with Crippen LogP contribution < -0.4 is 45.3 Å². The van der Waals surface area contributed by atoms with Gasteiger partial charge in [-0.2, -0.15) is 0 Å². The Balaban J connectivity index is 0.000000792. The molecule has 4 aromatic rings. The Morgan fingerprint density at radius 2 is 1.12 bits per heavy atom. The van der Waals surface area contributed by atoms with E-state index in [1.165, 1.54) is 12.1 Å². The van der Waals surface area contributed by atoms with E-state index in [2.05, 4.69) is 24.1 Å². The minimum absolute atomic E-state index is 0. The maximum atomic E-state index is 12.6. The molecule has 4 N–H and O–H groups in total. The molecule has 0 atom stereocenters. The van der Waals surface area contributed by atoms with E-state index in [1.807, 2.05) is 55.4 Å². The van der Waals surface area contributed by atoms with Crippen LogP contribution in [0.15, 0.2) is 112 Å². The SMILES string of the molecule is Cc1ccc(S(=O)(=O)NC(=NC(C)(C)C)Nc2ccc(Cl)cc2)cc1.Cc1ccc(S(=O)(=O)[N-]Cl)cc1.Nc1ccc(Cl)cc1.[C-]#[N+]C(C)(C)C.[Na+]. The van der Waals surface area contributed by atoms with Crippen molar-refractivity contribution in [3.63, 3.8) is 0 Å². The van der Waals surface area contributed by atoms with Gasteiger partial charge in [0.15, 0.2) is 0 Å². The molecule has 4 rings (SSSR count). The van der Waals surface area contributed by atoms with Crippen LogP contribution in [-0.2, 0) is 20.0 Å². The molecule has 0 aliphatic carbocycles. The number of nitrogens with one attached hydrogen (secondary N) is 2. The first-order valence-electron chi connectivity index (χ1n) is 15.2. The standard InChI is InChI=1S/C18H22ClN3O2S.C7H7ClNO2S.C6H6ClN.C5H9N.Na/c1-13-5-11-16(12-6-13)25(23,24)22-17(21-18(2,3)4)20-15-9-7-14(19)8-10-15;1-6-2-4-7(5-3-6)12(10,11)9-8;7-5-1-3-6(8)4-2-5;1-5(2,3)6-4;/h5-12H,1-4H3,(H2,20,21,22);2-5H,1H3;1-4H,8H2;1-3H3;/q;-1;;;+1. The number of nitrogens with zero attached hydrogens (tertiary/aromatic N) is 3. The van der Waals surface area contributed by atoms with E-state index in [-0.39, 0.29) is 50.8 Å². The first-order chi connectivity index (χ1) is 23.5. The van der Waals surface area contributed by atoms with Crippen LogP contribution in [0.5, 0.6) is 0 Å². The van der Waals surface area contributed by atoms with Gasteiger partial charge in [-0.05, 0) is 107 Å². The molecule has 276 valence electrons. The Morgan fingerprint density at radius 1 is 0.731 bits per heavy atom. The number of halogens is 3. The van der Waals surface area contributed by atoms with Gasteiger partial charge in [0.2, 0.25) is 11.5 Å². The molecular formula is C36H44Cl3N6NaO4S2. The second-order valence-corrected chi connectivity index (χ2v) is 17.4. The monoisotopic (exact) mass is 816 g/mol. The summed E-state index contributed by atoms with van der Waals surface area (Å²) >= 11 is 16.3. The van der Waals surface area contributed by atoms with Gasteiger partial charge in [0, 0.05) is 47.1 Å². The fourth-order valence-electron chi connectivity index (χ4n) is 3.20. The molecule has 16 heteroatoms. The molecule has 0 aliphatic heterocycles. The number of rotatable bonds is 5. The number of sulfonamides is 2. The molecule has 0 spiro atoms. The third-order valence-electron chi connectivity index (χ3n) is 5.73. The van der Waals surface area contributed by atoms with E-state index in [9.17, 15) is 16.8 Å². The van der Waals surface area contributed by atoms with Crippen LogP contribution in [0.2, 0.25) is 10.0 Å². The predicted octanol–water partition coefficient (Wildman–Crippen LogP) is 7.03. The van der Waals surface area contributed by atoms with Gasteiger partial charge in [0.25, 0.3) is 10.0 Å². The van der Waals surface area contributed by atoms with Gasteiger partial charge in [-0.3, -0.25) is 11.8 Å². The van der Waals surface area contributed by atoms with Crippen molar-refractivity contribution in [1.82, 2.24) is 4.72 Å². The summed E-state index contributed by atoms with van der Waals surface area (Å²) in [5, 5.41) is 4.32. The maximum Gasteiger partial charge on any atom is 1.00 e. The second-order valence-electron chi connectivity index (χ2n) is 12.9. The van der Waals surface area contributed by atoms with E-state index >= 15 is 0 Å². The van der Waals surface area contributed by atoms with Gasteiger partial charge < -0.3 is 20.1 Å². The number of nitrogen functional groups attached to an aromatic ring is 1. The topological polar surface area (TPSA) is 149 Å². The second kappa shape index (κ2) is 22.4. The van der Waals surface area contributed by atoms with Crippen LogP contribution in [0.4, 0.5) is 11.4 Å². The summed E-state index contributed by atoms with van der Waals surface area (Å²) in [6, 6.07) is 26.9. The van der Waals surface area contributed by atoms with Crippen molar-refractivity contribution >= 4 is 72.4 Å². The number of anilines is 2. The van der Waals surface area contributed by atoms with Crippen LogP contribution >= 0.6 is 35.0 Å². The molecule has 0 radical (unpaired) electrons. The van der Waals surface area contributed by atoms with Gasteiger partial charge in [0.1, 0.15) is 10.0 Å². The molecule has 0 bridgehead atoms. The zero-order chi connectivity index (χ0) is 39.0. The van der Waals surface area contributed by atoms with Crippen molar-refractivity contribution in [2.45, 2.75) is 76.3 Å². The Hall–Kier alpha value is -2.83. The molecule has 52 heavy (non-hydrogen) atoms. The average Bonchev–Trinajstić information content (AvgIpc) is 3.03. The maximum absolute atomic E-state index is 12.6. The van der Waals surface area contributed by atoms with Crippen LogP contribution in [0.3, 0.4) is 0 Å². The molecule has 0 amide bonds. The third-order valence-corrected chi connectivity index (χ3v) is 9.19. The summed E-state index contributed by atoms with van der Waals surface area (Å²) < 4.78 is 52.6. The van der Waals surface area contributed by atoms with E-state index in [0.29, 0.717) is 10.7 Å². The van der Waals surface area contributed by atoms with Crippen LogP contribution in [0.1, 0.15) is 52.7 Å². The number of hydrogen-bond acceptors (Lipinski definition) is 6. The fourth-order valence-corrected chi connectivity index (χ4v) is 5.21. The smallest absolute Gasteiger partial charge is 0.458 e. The van der Waals surface area contributed by atoms with Crippen LogP contribution in [0.25, 0.3) is 9.09 Å². The van der Waals surface area contributed by atoms with E-state index < -0.39 is 25.6 Å². The predicted molar refractivity (Wildman–Crippen MR) is 214 cm³/mol. The summed E-state index contributed by atoms with van der Waals surface area (Å²) in [6.07, 6.45) is 0. The Kier molecular flexibility index (Phi) is 21.2. The molecule has 0 heterocycles. The van der Waals surface area contributed by atoms with Crippen LogP contribution in [-0.4, -0.2) is 33.9 Å². The molecular weight excluding hydrogens is 774 g/mol. The minimum Gasteiger partial charge on any atom is -0.458 e. The quantitative estimate of drug-likeness (QED) is 0.0648. The van der Waals surface area contributed by atoms with Gasteiger partial charge >= 0.3 is 29.6 Å². The van der Waals surface area contributed by atoms with Crippen molar-refractivity contribution in [3.05, 3.63) is 134 Å². The molecule has 0 unspecified atom stereocenters. The van der Waals surface area contributed by atoms with E-state index in [1.54, 1.807) is 84.9 Å². The zero-order valence-corrected chi connectivity index (χ0v) is 36.6. The Labute approximate surface area is 346 Å². The molecule has 0 aromatic heterocycles. The minimum atomic E-state index is -3.75. The number of aryl methyl sites for hydroxylation is 2. The van der Waals surface area contributed by atoms with E-state index in [0.717, 1.165) is 21.8 Å². The van der Waals surface area contributed by atoms with Crippen molar-refractivity contribution < 1.29 is 46.4 Å². The first kappa shape index (κ1) is 49.2. The van der Waals surface area contributed by atoms with Crippen molar-refractivity contribution in [3.8, 4) is 0 Å². The molecule has 0 fully saturated rings. The average molecular weight is 818 g/mol. The zero-order valence-electron chi connectivity index (χ0n) is 30.7. The number of guanidine groups is 1. The molecule has 10 nitrogen and oxygen atoms in total. The van der Waals surface area contributed by atoms with Gasteiger partial charge in [0.05, 0.1) is 10.4 Å². The summed E-state index contributed by atoms with van der Waals surface area (Å²) in [5.41, 5.74) is 8.14. The molecule has 0 saturated heterocycles. The summed E-state index contributed by atoms with van der Waals surface area (Å²) in [6.45, 7) is 21.6. The number of aliphatic imine (C=N–C) groups is 1. The Bertz CT molecular complexity index is 1940. The van der Waals surface area contributed by atoms with E-state index in [4.69, 9.17) is 47.3 Å². The Morgan fingerprint density at radius 3 is 1.46 bits per heavy atom. The van der Waals surface area contributed by atoms with Crippen LogP contribution in [0, 0.1) is 20.4 Å². The summed E-state index contributed by atoms with van der Waals surface area (Å²) in [4.78, 5) is 8.00. The van der Waals surface area contributed by atoms with Gasteiger partial charge in [-0.1, -0.05) is 58.6 Å². The van der Waals surface area contributed by atoms with Gasteiger partial charge in [-0.15, -0.1) is 0 Å². The number of hydrogen-bond donors (Lipinski definition) is 3. The van der Waals surface area contributed by atoms with Crippen molar-refractivity contribution in [1.29, 1.82) is 0 Å². The largest absolute Gasteiger partial charge is 1.00 e.